The molecule has 1 heterocycles. The summed E-state index contributed by atoms with van der Waals surface area (Å²) in [4.78, 5) is 13.2. The Labute approximate surface area is 84.3 Å². The highest BCUT2D eigenvalue weighted by atomic mass is 16.3. The third-order valence-electron chi connectivity index (χ3n) is 3.15. The van der Waals surface area contributed by atoms with E-state index in [2.05, 4.69) is 5.32 Å². The molecule has 2 N–H and O–H groups in total. The van der Waals surface area contributed by atoms with E-state index in [0.717, 1.165) is 19.4 Å². The lowest BCUT2D eigenvalue weighted by Crippen LogP contribution is -2.65. The van der Waals surface area contributed by atoms with Gasteiger partial charge in [0.25, 0.3) is 0 Å². The maximum atomic E-state index is 11.5. The first-order valence-corrected chi connectivity index (χ1v) is 5.36. The fourth-order valence-electron chi connectivity index (χ4n) is 2.01. The molecule has 0 aromatic heterocycles. The number of likely N-dealkylation sites (tertiary alicyclic amines) is 1. The van der Waals surface area contributed by atoms with Crippen molar-refractivity contribution in [2.24, 2.45) is 5.92 Å². The number of amides is 1. The maximum absolute atomic E-state index is 11.5. The summed E-state index contributed by atoms with van der Waals surface area (Å²) in [6, 6.07) is 0. The summed E-state index contributed by atoms with van der Waals surface area (Å²) in [7, 11) is 0. The second-order valence-corrected chi connectivity index (χ2v) is 4.41. The first-order chi connectivity index (χ1) is 6.65. The number of hydrogen-bond acceptors (Lipinski definition) is 3. The van der Waals surface area contributed by atoms with Crippen LogP contribution in [0.15, 0.2) is 0 Å². The summed E-state index contributed by atoms with van der Waals surface area (Å²) in [5.41, 5.74) is -0.540. The SMILES string of the molecule is CCNCC(=O)N1CC(O)(C2CC2)C1. The lowest BCUT2D eigenvalue weighted by atomic mass is 9.89. The van der Waals surface area contributed by atoms with Crippen LogP contribution in [-0.2, 0) is 4.79 Å². The van der Waals surface area contributed by atoms with E-state index in [4.69, 9.17) is 0 Å². The third kappa shape index (κ3) is 1.77. The average Bonchev–Trinajstić information content (AvgIpc) is 2.92. The van der Waals surface area contributed by atoms with Crippen LogP contribution in [0.25, 0.3) is 0 Å². The van der Waals surface area contributed by atoms with Crippen molar-refractivity contribution in [3.63, 3.8) is 0 Å². The van der Waals surface area contributed by atoms with Crippen LogP contribution in [0.1, 0.15) is 19.8 Å². The first-order valence-electron chi connectivity index (χ1n) is 5.36. The molecule has 0 atom stereocenters. The van der Waals surface area contributed by atoms with Crippen molar-refractivity contribution < 1.29 is 9.90 Å². The average molecular weight is 198 g/mol. The van der Waals surface area contributed by atoms with Gasteiger partial charge < -0.3 is 15.3 Å². The van der Waals surface area contributed by atoms with Gasteiger partial charge in [0.1, 0.15) is 5.60 Å². The van der Waals surface area contributed by atoms with Crippen LogP contribution in [0.4, 0.5) is 0 Å². The smallest absolute Gasteiger partial charge is 0.236 e. The van der Waals surface area contributed by atoms with E-state index in [9.17, 15) is 9.90 Å². The molecular weight excluding hydrogens is 180 g/mol. The number of likely N-dealkylation sites (N-methyl/N-ethyl adjacent to an activating group) is 1. The molecule has 1 amide bonds. The van der Waals surface area contributed by atoms with E-state index in [0.29, 0.717) is 25.6 Å². The summed E-state index contributed by atoms with van der Waals surface area (Å²) in [5, 5.41) is 13.0. The van der Waals surface area contributed by atoms with Crippen LogP contribution in [0, 0.1) is 5.92 Å². The maximum Gasteiger partial charge on any atom is 0.236 e. The zero-order valence-electron chi connectivity index (χ0n) is 8.62. The zero-order valence-corrected chi connectivity index (χ0v) is 8.62. The van der Waals surface area contributed by atoms with Crippen molar-refractivity contribution >= 4 is 5.91 Å². The van der Waals surface area contributed by atoms with E-state index in [1.807, 2.05) is 6.92 Å². The molecule has 2 rings (SSSR count). The van der Waals surface area contributed by atoms with Gasteiger partial charge in [0.15, 0.2) is 0 Å². The summed E-state index contributed by atoms with van der Waals surface area (Å²) in [5.74, 6) is 0.572. The van der Waals surface area contributed by atoms with Gasteiger partial charge in [-0.1, -0.05) is 6.92 Å². The van der Waals surface area contributed by atoms with Crippen molar-refractivity contribution in [3.05, 3.63) is 0 Å². The molecule has 0 aromatic carbocycles. The van der Waals surface area contributed by atoms with Gasteiger partial charge in [0.2, 0.25) is 5.91 Å². The first kappa shape index (κ1) is 9.93. The second-order valence-electron chi connectivity index (χ2n) is 4.41. The van der Waals surface area contributed by atoms with E-state index in [1.54, 1.807) is 4.90 Å². The number of nitrogens with zero attached hydrogens (tertiary/aromatic N) is 1. The summed E-state index contributed by atoms with van der Waals surface area (Å²) >= 11 is 0. The Morgan fingerprint density at radius 2 is 2.21 bits per heavy atom. The second kappa shape index (κ2) is 3.51. The molecule has 0 aromatic rings. The number of nitrogens with one attached hydrogen (secondary N) is 1. The van der Waals surface area contributed by atoms with Crippen LogP contribution in [-0.4, -0.2) is 47.7 Å². The van der Waals surface area contributed by atoms with Crippen LogP contribution < -0.4 is 5.32 Å². The Morgan fingerprint density at radius 1 is 1.57 bits per heavy atom. The Morgan fingerprint density at radius 3 is 2.71 bits per heavy atom. The highest BCUT2D eigenvalue weighted by Gasteiger charge is 2.52. The molecule has 1 aliphatic heterocycles. The Bertz CT molecular complexity index is 232. The van der Waals surface area contributed by atoms with Gasteiger partial charge in [-0.3, -0.25) is 4.79 Å². The Kier molecular flexibility index (Phi) is 2.49. The van der Waals surface area contributed by atoms with Gasteiger partial charge in [-0.25, -0.2) is 0 Å². The predicted octanol–water partition coefficient (Wildman–Crippen LogP) is -0.421. The zero-order chi connectivity index (χ0) is 10.2. The molecule has 1 aliphatic carbocycles. The molecule has 80 valence electrons. The van der Waals surface area contributed by atoms with Gasteiger partial charge in [-0.15, -0.1) is 0 Å². The van der Waals surface area contributed by atoms with Crippen molar-refractivity contribution in [2.45, 2.75) is 25.4 Å². The molecule has 2 fully saturated rings. The summed E-state index contributed by atoms with van der Waals surface area (Å²) in [6.45, 7) is 4.28. The normalized spacial score (nSPS) is 24.6. The van der Waals surface area contributed by atoms with Crippen LogP contribution >= 0.6 is 0 Å². The highest BCUT2D eigenvalue weighted by molar-refractivity contribution is 5.79. The standard InChI is InChI=1S/C10H18N2O2/c1-2-11-5-9(13)12-6-10(14,7-12)8-3-4-8/h8,11,14H,2-7H2,1H3. The number of aliphatic hydroxyl groups is 1. The van der Waals surface area contributed by atoms with E-state index in [1.165, 1.54) is 0 Å². The van der Waals surface area contributed by atoms with Crippen molar-refractivity contribution in [1.29, 1.82) is 0 Å². The van der Waals surface area contributed by atoms with Gasteiger partial charge in [-0.05, 0) is 25.3 Å². The molecule has 4 nitrogen and oxygen atoms in total. The quantitative estimate of drug-likeness (QED) is 0.645. The van der Waals surface area contributed by atoms with Crippen LogP contribution in [0.5, 0.6) is 0 Å². The molecule has 1 saturated carbocycles. The number of carbonyl (C=O) groups is 1. The molecule has 2 aliphatic rings. The van der Waals surface area contributed by atoms with E-state index < -0.39 is 5.60 Å². The van der Waals surface area contributed by atoms with E-state index in [-0.39, 0.29) is 5.91 Å². The molecule has 14 heavy (non-hydrogen) atoms. The minimum atomic E-state index is -0.540. The van der Waals surface area contributed by atoms with E-state index >= 15 is 0 Å². The van der Waals surface area contributed by atoms with Crippen molar-refractivity contribution in [1.82, 2.24) is 10.2 Å². The van der Waals surface area contributed by atoms with Crippen molar-refractivity contribution in [3.8, 4) is 0 Å². The molecule has 0 unspecified atom stereocenters. The summed E-state index contributed by atoms with van der Waals surface area (Å²) < 4.78 is 0. The Hall–Kier alpha value is -0.610. The molecule has 0 radical (unpaired) electrons. The fraction of sp³-hybridized carbons (Fsp3) is 0.900. The summed E-state index contributed by atoms with van der Waals surface area (Å²) in [6.07, 6.45) is 2.26. The predicted molar refractivity (Wildman–Crippen MR) is 52.8 cm³/mol. The fourth-order valence-corrected chi connectivity index (χ4v) is 2.01. The topological polar surface area (TPSA) is 52.6 Å². The molecular formula is C10H18N2O2. The van der Waals surface area contributed by atoms with Crippen LogP contribution in [0.3, 0.4) is 0 Å². The van der Waals surface area contributed by atoms with Gasteiger partial charge in [-0.2, -0.15) is 0 Å². The largest absolute Gasteiger partial charge is 0.386 e. The van der Waals surface area contributed by atoms with Crippen LogP contribution in [0.2, 0.25) is 0 Å². The third-order valence-corrected chi connectivity index (χ3v) is 3.15. The number of hydrogen-bond donors (Lipinski definition) is 2. The number of carbonyl (C=O) groups excluding carboxylic acids is 1. The Balaban J connectivity index is 1.73. The minimum absolute atomic E-state index is 0.108. The van der Waals surface area contributed by atoms with Gasteiger partial charge in [0.05, 0.1) is 19.6 Å². The molecule has 1 saturated heterocycles. The minimum Gasteiger partial charge on any atom is -0.386 e. The highest BCUT2D eigenvalue weighted by Crippen LogP contribution is 2.44. The van der Waals surface area contributed by atoms with Crippen molar-refractivity contribution in [2.75, 3.05) is 26.2 Å². The van der Waals surface area contributed by atoms with Gasteiger partial charge in [0, 0.05) is 0 Å². The lowest BCUT2D eigenvalue weighted by Gasteiger charge is -2.47. The monoisotopic (exact) mass is 198 g/mol. The molecule has 4 heteroatoms. The van der Waals surface area contributed by atoms with Gasteiger partial charge >= 0.3 is 0 Å². The number of rotatable bonds is 4. The molecule has 0 bridgehead atoms. The number of β-amino-alcohol motifs (C(OH)–C–C–N with tert-alkyl or cyclic N) is 1. The lowest BCUT2D eigenvalue weighted by molar-refractivity contribution is -0.158. The molecule has 0 spiro atoms.